The Morgan fingerprint density at radius 2 is 2.18 bits per heavy atom. The van der Waals surface area contributed by atoms with Crippen LogP contribution in [0.4, 0.5) is 8.63 Å². The Hall–Kier alpha value is -1.13. The van der Waals surface area contributed by atoms with E-state index in [1.807, 2.05) is 0 Å². The normalized spacial score (nSPS) is 9.36. The minimum Gasteiger partial charge on any atom is -0.481 e. The van der Waals surface area contributed by atoms with Crippen molar-refractivity contribution in [2.45, 2.75) is 0 Å². The van der Waals surface area contributed by atoms with Crippen LogP contribution in [-0.4, -0.2) is 19.4 Å². The lowest BCUT2D eigenvalue weighted by atomic mass is 9.88. The summed E-state index contributed by atoms with van der Waals surface area (Å²) >= 11 is 0. The van der Waals surface area contributed by atoms with E-state index >= 15 is 0 Å². The van der Waals surface area contributed by atoms with E-state index in [0.29, 0.717) is 5.88 Å². The molecular formula is C6H6BF2NO. The number of hydrogen-bond donors (Lipinski definition) is 0. The second kappa shape index (κ2) is 3.32. The minimum atomic E-state index is -2.46. The van der Waals surface area contributed by atoms with Gasteiger partial charge in [0.15, 0.2) is 0 Å². The molecule has 58 valence electrons. The third-order valence-electron chi connectivity index (χ3n) is 1.22. The average Bonchev–Trinajstić information content (AvgIpc) is 2.05. The van der Waals surface area contributed by atoms with Crippen molar-refractivity contribution in [2.24, 2.45) is 0 Å². The number of pyridine rings is 1. The zero-order valence-corrected chi connectivity index (χ0v) is 5.92. The van der Waals surface area contributed by atoms with Crippen LogP contribution in [-0.2, 0) is 0 Å². The van der Waals surface area contributed by atoms with Gasteiger partial charge in [0, 0.05) is 11.7 Å². The molecule has 0 bridgehead atoms. The number of nitrogens with zero attached hydrogens (tertiary/aromatic N) is 1. The van der Waals surface area contributed by atoms with Crippen LogP contribution in [0, 0.1) is 0 Å². The highest BCUT2D eigenvalue weighted by Gasteiger charge is 2.15. The van der Waals surface area contributed by atoms with Crippen molar-refractivity contribution < 1.29 is 13.4 Å². The van der Waals surface area contributed by atoms with Crippen LogP contribution in [0.15, 0.2) is 18.3 Å². The largest absolute Gasteiger partial charge is 0.573 e. The average molecular weight is 157 g/mol. The quantitative estimate of drug-likeness (QED) is 0.590. The minimum absolute atomic E-state index is 0.0919. The molecular weight excluding hydrogens is 151 g/mol. The van der Waals surface area contributed by atoms with Gasteiger partial charge in [0.1, 0.15) is 0 Å². The Balaban J connectivity index is 2.83. The van der Waals surface area contributed by atoms with Gasteiger partial charge in [-0.05, 0) is 6.07 Å². The molecule has 1 rings (SSSR count). The van der Waals surface area contributed by atoms with Gasteiger partial charge in [0.25, 0.3) is 0 Å². The van der Waals surface area contributed by atoms with E-state index in [-0.39, 0.29) is 5.46 Å². The highest BCUT2D eigenvalue weighted by molar-refractivity contribution is 6.59. The van der Waals surface area contributed by atoms with Crippen LogP contribution in [0.2, 0.25) is 0 Å². The van der Waals surface area contributed by atoms with E-state index in [9.17, 15) is 8.63 Å². The zero-order valence-electron chi connectivity index (χ0n) is 5.92. The maximum Gasteiger partial charge on any atom is 0.573 e. The second-order valence-corrected chi connectivity index (χ2v) is 1.93. The summed E-state index contributed by atoms with van der Waals surface area (Å²) < 4.78 is 28.5. The van der Waals surface area contributed by atoms with Gasteiger partial charge in [-0.1, -0.05) is 6.07 Å². The summed E-state index contributed by atoms with van der Waals surface area (Å²) in [5.41, 5.74) is -0.0919. The van der Waals surface area contributed by atoms with Gasteiger partial charge in [0.2, 0.25) is 5.88 Å². The van der Waals surface area contributed by atoms with Crippen molar-refractivity contribution in [2.75, 3.05) is 7.11 Å². The molecule has 11 heavy (non-hydrogen) atoms. The molecule has 0 aliphatic carbocycles. The smallest absolute Gasteiger partial charge is 0.481 e. The van der Waals surface area contributed by atoms with Crippen molar-refractivity contribution in [3.05, 3.63) is 18.3 Å². The Morgan fingerprint density at radius 3 is 2.55 bits per heavy atom. The number of halogens is 2. The maximum atomic E-state index is 11.9. The number of rotatable bonds is 2. The van der Waals surface area contributed by atoms with Crippen LogP contribution in [0.1, 0.15) is 0 Å². The first kappa shape index (κ1) is 7.98. The maximum absolute atomic E-state index is 11.9. The van der Waals surface area contributed by atoms with Crippen molar-refractivity contribution >= 4 is 12.7 Å². The van der Waals surface area contributed by atoms with Gasteiger partial charge < -0.3 is 4.74 Å². The molecule has 2 nitrogen and oxygen atoms in total. The molecule has 0 radical (unpaired) electrons. The third-order valence-corrected chi connectivity index (χ3v) is 1.22. The fourth-order valence-electron chi connectivity index (χ4n) is 0.642. The highest BCUT2D eigenvalue weighted by Crippen LogP contribution is 2.01. The summed E-state index contributed by atoms with van der Waals surface area (Å²) in [4.78, 5) is 3.62. The van der Waals surface area contributed by atoms with Crippen LogP contribution in [0.3, 0.4) is 0 Å². The van der Waals surface area contributed by atoms with E-state index in [2.05, 4.69) is 4.98 Å². The van der Waals surface area contributed by atoms with Crippen LogP contribution >= 0.6 is 0 Å². The van der Waals surface area contributed by atoms with Gasteiger partial charge >= 0.3 is 7.27 Å². The van der Waals surface area contributed by atoms with Crippen molar-refractivity contribution in [3.63, 3.8) is 0 Å². The van der Waals surface area contributed by atoms with E-state index in [4.69, 9.17) is 4.74 Å². The molecule has 0 spiro atoms. The van der Waals surface area contributed by atoms with Crippen molar-refractivity contribution in [1.82, 2.24) is 4.98 Å². The van der Waals surface area contributed by atoms with Gasteiger partial charge in [-0.25, -0.2) is 4.98 Å². The molecule has 0 aliphatic heterocycles. The van der Waals surface area contributed by atoms with E-state index < -0.39 is 7.27 Å². The van der Waals surface area contributed by atoms with E-state index in [1.165, 1.54) is 19.2 Å². The van der Waals surface area contributed by atoms with Gasteiger partial charge in [-0.2, -0.15) is 0 Å². The molecule has 0 saturated heterocycles. The molecule has 1 heterocycles. The molecule has 1 aromatic rings. The van der Waals surface area contributed by atoms with Crippen molar-refractivity contribution in [1.29, 1.82) is 0 Å². The SMILES string of the molecule is COc1ccc(B(F)F)cn1. The Morgan fingerprint density at radius 1 is 1.45 bits per heavy atom. The van der Waals surface area contributed by atoms with E-state index in [0.717, 1.165) is 6.20 Å². The summed E-state index contributed by atoms with van der Waals surface area (Å²) in [5.74, 6) is 0.342. The first-order chi connectivity index (χ1) is 5.24. The van der Waals surface area contributed by atoms with Gasteiger partial charge in [-0.15, -0.1) is 0 Å². The molecule has 0 unspecified atom stereocenters. The number of ether oxygens (including phenoxy) is 1. The molecule has 0 saturated carbocycles. The fourth-order valence-corrected chi connectivity index (χ4v) is 0.642. The lowest BCUT2D eigenvalue weighted by Crippen LogP contribution is -2.20. The van der Waals surface area contributed by atoms with E-state index in [1.54, 1.807) is 0 Å². The molecule has 0 amide bonds. The van der Waals surface area contributed by atoms with Crippen LogP contribution < -0.4 is 10.2 Å². The van der Waals surface area contributed by atoms with Crippen LogP contribution in [0.25, 0.3) is 0 Å². The summed E-state index contributed by atoms with van der Waals surface area (Å²) in [6.07, 6.45) is 1.10. The molecule has 0 atom stereocenters. The first-order valence-corrected chi connectivity index (χ1v) is 3.02. The highest BCUT2D eigenvalue weighted by atomic mass is 19.2. The predicted molar refractivity (Wildman–Crippen MR) is 38.4 cm³/mol. The second-order valence-electron chi connectivity index (χ2n) is 1.93. The van der Waals surface area contributed by atoms with Gasteiger partial charge in [0.05, 0.1) is 7.11 Å². The molecule has 0 aromatic carbocycles. The molecule has 0 fully saturated rings. The summed E-state index contributed by atoms with van der Waals surface area (Å²) in [6.45, 7) is 0. The van der Waals surface area contributed by atoms with Gasteiger partial charge in [-0.3, -0.25) is 8.63 Å². The molecule has 5 heteroatoms. The molecule has 0 aliphatic rings. The number of aromatic nitrogens is 1. The van der Waals surface area contributed by atoms with Crippen LogP contribution in [0.5, 0.6) is 5.88 Å². The number of hydrogen-bond acceptors (Lipinski definition) is 2. The van der Waals surface area contributed by atoms with Crippen molar-refractivity contribution in [3.8, 4) is 5.88 Å². The summed E-state index contributed by atoms with van der Waals surface area (Å²) in [7, 11) is -1.03. The summed E-state index contributed by atoms with van der Waals surface area (Å²) in [6, 6.07) is 2.69. The molecule has 1 aromatic heterocycles. The topological polar surface area (TPSA) is 22.1 Å². The number of methoxy groups -OCH3 is 1. The predicted octanol–water partition coefficient (Wildman–Crippen LogP) is 0.724. The lowest BCUT2D eigenvalue weighted by Gasteiger charge is -1.97. The Kier molecular flexibility index (Phi) is 2.41. The monoisotopic (exact) mass is 157 g/mol. The lowest BCUT2D eigenvalue weighted by molar-refractivity contribution is 0.398. The first-order valence-electron chi connectivity index (χ1n) is 3.02. The summed E-state index contributed by atoms with van der Waals surface area (Å²) in [5, 5.41) is 0. The zero-order chi connectivity index (χ0) is 8.27. The Bertz CT molecular complexity index is 227. The third kappa shape index (κ3) is 1.90. The Labute approximate surface area is 63.4 Å². The fraction of sp³-hybridized carbons (Fsp3) is 0.167. The standard InChI is InChI=1S/C6H6BF2NO/c1-11-6-3-2-5(4-10-6)7(8)9/h2-4H,1H3. The molecule has 0 N–H and O–H groups in total.